The fourth-order valence-electron chi connectivity index (χ4n) is 5.49. The molecule has 0 fully saturated rings. The van der Waals surface area contributed by atoms with Gasteiger partial charge in [-0.05, 0) is 44.9 Å². The molecule has 4 nitrogen and oxygen atoms in total. The molecule has 0 saturated carbocycles. The minimum atomic E-state index is -1.01. The van der Waals surface area contributed by atoms with E-state index in [1.165, 1.54) is 141 Å². The molecule has 0 aliphatic carbocycles. The molecule has 0 aromatic heterocycles. The highest BCUT2D eigenvalue weighted by Gasteiger charge is 2.21. The topological polar surface area (TPSA) is 63.6 Å². The van der Waals surface area contributed by atoms with Gasteiger partial charge in [0.05, 0.1) is 0 Å². The first-order valence-electron chi connectivity index (χ1n) is 18.2. The van der Waals surface area contributed by atoms with Gasteiger partial charge < -0.3 is 9.84 Å². The number of aliphatic carboxylic acids is 1. The van der Waals surface area contributed by atoms with E-state index in [1.807, 2.05) is 0 Å². The third kappa shape index (κ3) is 31.4. The summed E-state index contributed by atoms with van der Waals surface area (Å²) in [5.74, 6) is -1.35. The predicted molar refractivity (Wildman–Crippen MR) is 177 cm³/mol. The molecule has 0 spiro atoms. The molecule has 0 aliphatic rings. The van der Waals surface area contributed by atoms with Crippen molar-refractivity contribution in [3.05, 3.63) is 12.2 Å². The lowest BCUT2D eigenvalue weighted by molar-refractivity contribution is -0.164. The Hall–Kier alpha value is -1.32. The standard InChI is InChI=1S/C37H70O4/c1-3-5-7-9-11-13-15-17-19-20-21-23-25-27-29-31-33-35(37(39)40)41-36(38)34-32-30-28-26-24-22-18-16-14-12-10-8-6-4-2/h14,16,35H,3-13,15,17-34H2,1-2H3,(H,39,40)/b16-14-. The average Bonchev–Trinajstić information content (AvgIpc) is 2.96. The molecule has 0 saturated heterocycles. The number of rotatable bonds is 33. The summed E-state index contributed by atoms with van der Waals surface area (Å²) in [5.41, 5.74) is 0. The Morgan fingerprint density at radius 2 is 0.854 bits per heavy atom. The van der Waals surface area contributed by atoms with Gasteiger partial charge in [-0.15, -0.1) is 0 Å². The van der Waals surface area contributed by atoms with Crippen LogP contribution in [-0.2, 0) is 14.3 Å². The molecule has 0 rings (SSSR count). The first-order chi connectivity index (χ1) is 20.1. The van der Waals surface area contributed by atoms with E-state index in [2.05, 4.69) is 26.0 Å². The van der Waals surface area contributed by atoms with Gasteiger partial charge in [0, 0.05) is 6.42 Å². The van der Waals surface area contributed by atoms with Crippen molar-refractivity contribution in [3.8, 4) is 0 Å². The molecular formula is C37H70O4. The fourth-order valence-corrected chi connectivity index (χ4v) is 5.49. The van der Waals surface area contributed by atoms with Crippen molar-refractivity contribution in [3.63, 3.8) is 0 Å². The number of allylic oxidation sites excluding steroid dienone is 2. The van der Waals surface area contributed by atoms with E-state index < -0.39 is 12.1 Å². The van der Waals surface area contributed by atoms with Crippen LogP contribution in [0.3, 0.4) is 0 Å². The summed E-state index contributed by atoms with van der Waals surface area (Å²) < 4.78 is 5.30. The second kappa shape index (κ2) is 33.2. The zero-order valence-electron chi connectivity index (χ0n) is 27.6. The molecular weight excluding hydrogens is 508 g/mol. The number of hydrogen-bond acceptors (Lipinski definition) is 3. The molecule has 0 heterocycles. The van der Waals surface area contributed by atoms with Crippen LogP contribution in [-0.4, -0.2) is 23.1 Å². The fraction of sp³-hybridized carbons (Fsp3) is 0.892. The Labute approximate surface area is 255 Å². The molecule has 0 aliphatic heterocycles. The SMILES string of the molecule is CCCCCC/C=C\CCCCCCCCC(=O)OC(CCCCCCCCCCCCCCCCCC)C(=O)O. The quantitative estimate of drug-likeness (QED) is 0.0478. The number of ether oxygens (including phenoxy) is 1. The third-order valence-corrected chi connectivity index (χ3v) is 8.26. The van der Waals surface area contributed by atoms with Gasteiger partial charge in [-0.1, -0.05) is 167 Å². The predicted octanol–water partition coefficient (Wildman–Crippen LogP) is 12.3. The summed E-state index contributed by atoms with van der Waals surface area (Å²) in [6, 6.07) is 0. The molecule has 4 heteroatoms. The van der Waals surface area contributed by atoms with Crippen LogP contribution in [0.2, 0.25) is 0 Å². The van der Waals surface area contributed by atoms with Gasteiger partial charge in [0.2, 0.25) is 0 Å². The molecule has 242 valence electrons. The lowest BCUT2D eigenvalue weighted by Gasteiger charge is -2.13. The molecule has 1 unspecified atom stereocenters. The molecule has 1 atom stereocenters. The van der Waals surface area contributed by atoms with Crippen molar-refractivity contribution in [2.45, 2.75) is 213 Å². The first-order valence-corrected chi connectivity index (χ1v) is 18.2. The minimum absolute atomic E-state index is 0.337. The van der Waals surface area contributed by atoms with Crippen LogP contribution in [0.1, 0.15) is 206 Å². The average molecular weight is 579 g/mol. The zero-order chi connectivity index (χ0) is 30.1. The van der Waals surface area contributed by atoms with Crippen molar-refractivity contribution in [1.29, 1.82) is 0 Å². The maximum Gasteiger partial charge on any atom is 0.345 e. The van der Waals surface area contributed by atoms with Crippen molar-refractivity contribution >= 4 is 11.9 Å². The van der Waals surface area contributed by atoms with E-state index in [9.17, 15) is 14.7 Å². The summed E-state index contributed by atoms with van der Waals surface area (Å²) in [6.45, 7) is 4.52. The Bertz CT molecular complexity index is 585. The van der Waals surface area contributed by atoms with Gasteiger partial charge in [-0.3, -0.25) is 4.79 Å². The number of carboxylic acid groups (broad SMARTS) is 1. The lowest BCUT2D eigenvalue weighted by atomic mass is 10.0. The van der Waals surface area contributed by atoms with Gasteiger partial charge in [0.25, 0.3) is 0 Å². The van der Waals surface area contributed by atoms with E-state index in [-0.39, 0.29) is 5.97 Å². The largest absolute Gasteiger partial charge is 0.479 e. The van der Waals surface area contributed by atoms with Crippen molar-refractivity contribution in [1.82, 2.24) is 0 Å². The van der Waals surface area contributed by atoms with Gasteiger partial charge in [0.1, 0.15) is 0 Å². The highest BCUT2D eigenvalue weighted by molar-refractivity contribution is 5.77. The smallest absolute Gasteiger partial charge is 0.345 e. The molecule has 0 radical (unpaired) electrons. The second-order valence-corrected chi connectivity index (χ2v) is 12.4. The normalized spacial score (nSPS) is 12.2. The van der Waals surface area contributed by atoms with Gasteiger partial charge in [0.15, 0.2) is 6.10 Å². The molecule has 0 amide bonds. The summed E-state index contributed by atoms with van der Waals surface area (Å²) in [6.07, 6.45) is 39.5. The Kier molecular flexibility index (Phi) is 32.1. The van der Waals surface area contributed by atoms with Crippen LogP contribution in [0.5, 0.6) is 0 Å². The lowest BCUT2D eigenvalue weighted by Crippen LogP contribution is -2.27. The van der Waals surface area contributed by atoms with E-state index in [0.717, 1.165) is 38.5 Å². The molecule has 41 heavy (non-hydrogen) atoms. The van der Waals surface area contributed by atoms with E-state index in [0.29, 0.717) is 12.8 Å². The summed E-state index contributed by atoms with van der Waals surface area (Å²) in [4.78, 5) is 23.7. The first kappa shape index (κ1) is 39.7. The van der Waals surface area contributed by atoms with E-state index >= 15 is 0 Å². The number of hydrogen-bond donors (Lipinski definition) is 1. The van der Waals surface area contributed by atoms with Crippen LogP contribution >= 0.6 is 0 Å². The number of carboxylic acids is 1. The van der Waals surface area contributed by atoms with Crippen LogP contribution in [0.4, 0.5) is 0 Å². The molecule has 0 aromatic carbocycles. The van der Waals surface area contributed by atoms with Gasteiger partial charge in [-0.25, -0.2) is 4.79 Å². The highest BCUT2D eigenvalue weighted by atomic mass is 16.6. The number of carbonyl (C=O) groups is 2. The van der Waals surface area contributed by atoms with Crippen molar-refractivity contribution in [2.24, 2.45) is 0 Å². The molecule has 0 aromatic rings. The summed E-state index contributed by atoms with van der Waals surface area (Å²) >= 11 is 0. The number of esters is 1. The highest BCUT2D eigenvalue weighted by Crippen LogP contribution is 2.16. The number of carbonyl (C=O) groups excluding carboxylic acids is 1. The van der Waals surface area contributed by atoms with Gasteiger partial charge >= 0.3 is 11.9 Å². The Balaban J connectivity index is 3.55. The van der Waals surface area contributed by atoms with E-state index in [4.69, 9.17) is 4.74 Å². The summed E-state index contributed by atoms with van der Waals surface area (Å²) in [7, 11) is 0. The Morgan fingerprint density at radius 3 is 1.27 bits per heavy atom. The van der Waals surface area contributed by atoms with E-state index in [1.54, 1.807) is 0 Å². The summed E-state index contributed by atoms with van der Waals surface area (Å²) in [5, 5.41) is 9.46. The van der Waals surface area contributed by atoms with Crippen LogP contribution in [0, 0.1) is 0 Å². The monoisotopic (exact) mass is 579 g/mol. The van der Waals surface area contributed by atoms with Gasteiger partial charge in [-0.2, -0.15) is 0 Å². The number of unbranched alkanes of at least 4 members (excludes halogenated alkanes) is 25. The van der Waals surface area contributed by atoms with Crippen molar-refractivity contribution in [2.75, 3.05) is 0 Å². The third-order valence-electron chi connectivity index (χ3n) is 8.26. The van der Waals surface area contributed by atoms with Crippen LogP contribution in [0.25, 0.3) is 0 Å². The second-order valence-electron chi connectivity index (χ2n) is 12.4. The Morgan fingerprint density at radius 1 is 0.512 bits per heavy atom. The minimum Gasteiger partial charge on any atom is -0.479 e. The zero-order valence-corrected chi connectivity index (χ0v) is 27.6. The maximum atomic E-state index is 12.2. The van der Waals surface area contributed by atoms with Crippen LogP contribution in [0.15, 0.2) is 12.2 Å². The maximum absolute atomic E-state index is 12.2. The molecule has 0 bridgehead atoms. The van der Waals surface area contributed by atoms with Crippen molar-refractivity contribution < 1.29 is 19.4 Å². The van der Waals surface area contributed by atoms with Crippen LogP contribution < -0.4 is 0 Å². The molecule has 1 N–H and O–H groups in total.